The van der Waals surface area contributed by atoms with Gasteiger partial charge in [-0.15, -0.1) is 0 Å². The van der Waals surface area contributed by atoms with E-state index in [4.69, 9.17) is 0 Å². The molecule has 0 fully saturated rings. The van der Waals surface area contributed by atoms with Gasteiger partial charge in [-0.25, -0.2) is 0 Å². The topological polar surface area (TPSA) is 41.1 Å². The van der Waals surface area contributed by atoms with Gasteiger partial charge < -0.3 is 10.6 Å². The van der Waals surface area contributed by atoms with E-state index in [0.717, 1.165) is 37.9 Å². The monoisotopic (exact) mass is 220 g/mol. The smallest absolute Gasteiger partial charge is 0.250 e. The fraction of sp³-hybridized carbons (Fsp3) is 0.462. The maximum Gasteiger partial charge on any atom is 0.250 e. The van der Waals surface area contributed by atoms with Crippen LogP contribution in [0.2, 0.25) is 0 Å². The molecule has 0 atom stereocenters. The van der Waals surface area contributed by atoms with E-state index in [1.165, 1.54) is 0 Å². The summed E-state index contributed by atoms with van der Waals surface area (Å²) in [7, 11) is 1.91. The van der Waals surface area contributed by atoms with Crippen molar-refractivity contribution in [3.8, 4) is 0 Å². The number of rotatable bonds is 5. The van der Waals surface area contributed by atoms with Gasteiger partial charge in [-0.1, -0.05) is 24.3 Å². The molecule has 0 aliphatic heterocycles. The third-order valence-electron chi connectivity index (χ3n) is 2.37. The number of allylic oxidation sites excluding steroid dienone is 4. The number of carbonyl (C=O) groups is 1. The van der Waals surface area contributed by atoms with Gasteiger partial charge in [-0.2, -0.15) is 0 Å². The summed E-state index contributed by atoms with van der Waals surface area (Å²) in [6, 6.07) is 0. The third-order valence-corrected chi connectivity index (χ3v) is 2.37. The van der Waals surface area contributed by atoms with E-state index in [1.54, 1.807) is 0 Å². The van der Waals surface area contributed by atoms with Crippen LogP contribution in [-0.4, -0.2) is 26.0 Å². The van der Waals surface area contributed by atoms with Gasteiger partial charge in [0.1, 0.15) is 0 Å². The minimum absolute atomic E-state index is 0.0302. The van der Waals surface area contributed by atoms with Crippen LogP contribution in [0.25, 0.3) is 0 Å². The largest absolute Gasteiger partial charge is 0.352 e. The fourth-order valence-electron chi connectivity index (χ4n) is 1.47. The Morgan fingerprint density at radius 2 is 2.19 bits per heavy atom. The molecule has 0 aromatic carbocycles. The zero-order valence-electron chi connectivity index (χ0n) is 9.83. The van der Waals surface area contributed by atoms with Crippen molar-refractivity contribution in [1.82, 2.24) is 10.6 Å². The summed E-state index contributed by atoms with van der Waals surface area (Å²) in [4.78, 5) is 11.8. The summed E-state index contributed by atoms with van der Waals surface area (Å²) >= 11 is 0. The van der Waals surface area contributed by atoms with Crippen molar-refractivity contribution < 1.29 is 4.79 Å². The predicted octanol–water partition coefficient (Wildman–Crippen LogP) is 1.54. The van der Waals surface area contributed by atoms with E-state index in [2.05, 4.69) is 16.7 Å². The summed E-state index contributed by atoms with van der Waals surface area (Å²) in [5, 5.41) is 5.96. The summed E-state index contributed by atoms with van der Waals surface area (Å²) in [5.41, 5.74) is 0.772. The van der Waals surface area contributed by atoms with Crippen molar-refractivity contribution in [2.75, 3.05) is 20.1 Å². The van der Waals surface area contributed by atoms with Crippen molar-refractivity contribution >= 4 is 5.91 Å². The van der Waals surface area contributed by atoms with Crippen molar-refractivity contribution in [2.24, 2.45) is 0 Å². The standard InChI is InChI=1S/C13H20N2O/c1-14-10-7-11-15-13(16)12-8-5-3-2-4-6-9-12/h2-3,5,8-9,14H,4,6-7,10-11H2,1H3,(H,15,16)/b3-2+,8-5-,12-9+. The maximum absolute atomic E-state index is 11.8. The number of nitrogens with one attached hydrogen (secondary N) is 2. The predicted molar refractivity (Wildman–Crippen MR) is 67.2 cm³/mol. The third kappa shape index (κ3) is 4.94. The van der Waals surface area contributed by atoms with Gasteiger partial charge in [-0.3, -0.25) is 4.79 Å². The second kappa shape index (κ2) is 7.88. The van der Waals surface area contributed by atoms with E-state index in [9.17, 15) is 4.79 Å². The Kier molecular flexibility index (Phi) is 6.26. The molecule has 0 aromatic rings. The molecule has 16 heavy (non-hydrogen) atoms. The van der Waals surface area contributed by atoms with E-state index in [-0.39, 0.29) is 5.91 Å². The van der Waals surface area contributed by atoms with Gasteiger partial charge >= 0.3 is 0 Å². The highest BCUT2D eigenvalue weighted by atomic mass is 16.1. The Bertz CT molecular complexity index is 303. The SMILES string of the molecule is CNCCCNC(=O)C1=C/CC/C=C/C=C\1. The van der Waals surface area contributed by atoms with E-state index in [0.29, 0.717) is 0 Å². The summed E-state index contributed by atoms with van der Waals surface area (Å²) in [6.07, 6.45) is 12.8. The molecule has 3 heteroatoms. The molecular formula is C13H20N2O. The molecular weight excluding hydrogens is 200 g/mol. The Hall–Kier alpha value is -1.35. The first-order chi connectivity index (χ1) is 7.84. The van der Waals surface area contributed by atoms with Crippen LogP contribution in [0.15, 0.2) is 36.0 Å². The van der Waals surface area contributed by atoms with Crippen molar-refractivity contribution in [1.29, 1.82) is 0 Å². The molecule has 0 spiro atoms. The molecule has 2 N–H and O–H groups in total. The van der Waals surface area contributed by atoms with Crippen LogP contribution in [0.1, 0.15) is 19.3 Å². The molecule has 1 rings (SSSR count). The summed E-state index contributed by atoms with van der Waals surface area (Å²) in [6.45, 7) is 1.65. The number of hydrogen-bond acceptors (Lipinski definition) is 2. The second-order valence-corrected chi connectivity index (χ2v) is 3.74. The molecule has 1 aliphatic carbocycles. The van der Waals surface area contributed by atoms with Crippen LogP contribution < -0.4 is 10.6 Å². The molecule has 0 heterocycles. The highest BCUT2D eigenvalue weighted by molar-refractivity contribution is 5.96. The highest BCUT2D eigenvalue weighted by Crippen LogP contribution is 2.06. The zero-order valence-corrected chi connectivity index (χ0v) is 9.83. The van der Waals surface area contributed by atoms with Crippen molar-refractivity contribution in [3.63, 3.8) is 0 Å². The van der Waals surface area contributed by atoms with Crippen LogP contribution in [-0.2, 0) is 4.79 Å². The fourth-order valence-corrected chi connectivity index (χ4v) is 1.47. The minimum Gasteiger partial charge on any atom is -0.352 e. The molecule has 1 amide bonds. The van der Waals surface area contributed by atoms with Crippen LogP contribution in [0.3, 0.4) is 0 Å². The average Bonchev–Trinajstić information content (AvgIpc) is 2.23. The Morgan fingerprint density at radius 1 is 1.31 bits per heavy atom. The number of amides is 1. The van der Waals surface area contributed by atoms with Crippen LogP contribution in [0, 0.1) is 0 Å². The first-order valence-electron chi connectivity index (χ1n) is 5.81. The number of hydrogen-bond donors (Lipinski definition) is 2. The molecule has 0 bridgehead atoms. The van der Waals surface area contributed by atoms with Crippen molar-refractivity contribution in [2.45, 2.75) is 19.3 Å². The Labute approximate surface area is 97.3 Å². The lowest BCUT2D eigenvalue weighted by molar-refractivity contribution is -0.117. The van der Waals surface area contributed by atoms with E-state index >= 15 is 0 Å². The van der Waals surface area contributed by atoms with Gasteiger partial charge in [0.2, 0.25) is 0 Å². The van der Waals surface area contributed by atoms with Crippen LogP contribution >= 0.6 is 0 Å². The zero-order chi connectivity index (χ0) is 11.6. The van der Waals surface area contributed by atoms with Gasteiger partial charge in [0, 0.05) is 12.1 Å². The van der Waals surface area contributed by atoms with E-state index in [1.807, 2.05) is 31.4 Å². The lowest BCUT2D eigenvalue weighted by Crippen LogP contribution is -2.27. The molecule has 0 aromatic heterocycles. The normalized spacial score (nSPS) is 22.4. The average molecular weight is 220 g/mol. The minimum atomic E-state index is 0.0302. The molecule has 3 nitrogen and oxygen atoms in total. The summed E-state index contributed by atoms with van der Waals surface area (Å²) < 4.78 is 0. The summed E-state index contributed by atoms with van der Waals surface area (Å²) in [5.74, 6) is 0.0302. The van der Waals surface area contributed by atoms with Gasteiger partial charge in [0.25, 0.3) is 5.91 Å². The lowest BCUT2D eigenvalue weighted by atomic mass is 10.1. The first-order valence-corrected chi connectivity index (χ1v) is 5.81. The lowest BCUT2D eigenvalue weighted by Gasteiger charge is -2.06. The maximum atomic E-state index is 11.8. The highest BCUT2D eigenvalue weighted by Gasteiger charge is 2.04. The Balaban J connectivity index is 2.37. The van der Waals surface area contributed by atoms with Gasteiger partial charge in [0.05, 0.1) is 0 Å². The molecule has 0 radical (unpaired) electrons. The van der Waals surface area contributed by atoms with Gasteiger partial charge in [0.15, 0.2) is 0 Å². The second-order valence-electron chi connectivity index (χ2n) is 3.74. The molecule has 88 valence electrons. The van der Waals surface area contributed by atoms with Crippen molar-refractivity contribution in [3.05, 3.63) is 36.0 Å². The first kappa shape index (κ1) is 12.7. The van der Waals surface area contributed by atoms with E-state index < -0.39 is 0 Å². The molecule has 0 saturated heterocycles. The quantitative estimate of drug-likeness (QED) is 0.690. The number of carbonyl (C=O) groups excluding carboxylic acids is 1. The molecule has 0 unspecified atom stereocenters. The van der Waals surface area contributed by atoms with Crippen LogP contribution in [0.4, 0.5) is 0 Å². The molecule has 0 saturated carbocycles. The Morgan fingerprint density at radius 3 is 3.00 bits per heavy atom. The van der Waals surface area contributed by atoms with Gasteiger partial charge in [-0.05, 0) is 38.9 Å². The van der Waals surface area contributed by atoms with Crippen LogP contribution in [0.5, 0.6) is 0 Å². The molecule has 1 aliphatic rings.